The lowest BCUT2D eigenvalue weighted by Crippen LogP contribution is -2.30. The third kappa shape index (κ3) is 2.95. The van der Waals surface area contributed by atoms with Crippen molar-refractivity contribution in [3.8, 4) is 5.75 Å². The molecule has 2 heterocycles. The van der Waals surface area contributed by atoms with Crippen LogP contribution in [0.2, 0.25) is 0 Å². The van der Waals surface area contributed by atoms with E-state index in [1.165, 1.54) is 7.11 Å². The fourth-order valence-electron chi connectivity index (χ4n) is 2.92. The van der Waals surface area contributed by atoms with Crippen molar-refractivity contribution in [3.05, 3.63) is 30.0 Å². The Labute approximate surface area is 130 Å². The van der Waals surface area contributed by atoms with Gasteiger partial charge in [-0.15, -0.1) is 0 Å². The zero-order valence-corrected chi connectivity index (χ0v) is 13.3. The predicted octanol–water partition coefficient (Wildman–Crippen LogP) is 2.82. The first kappa shape index (κ1) is 14.9. The van der Waals surface area contributed by atoms with Crippen molar-refractivity contribution >= 4 is 16.9 Å². The van der Waals surface area contributed by atoms with Crippen LogP contribution < -0.4 is 4.74 Å². The minimum absolute atomic E-state index is 0.235. The molecule has 0 saturated carbocycles. The summed E-state index contributed by atoms with van der Waals surface area (Å²) in [5, 5.41) is 0.955. The summed E-state index contributed by atoms with van der Waals surface area (Å²) in [4.78, 5) is 17.0. The van der Waals surface area contributed by atoms with Crippen LogP contribution in [0.4, 0.5) is 0 Å². The number of aromatic amines is 1. The van der Waals surface area contributed by atoms with Gasteiger partial charge >= 0.3 is 5.97 Å². The predicted molar refractivity (Wildman–Crippen MR) is 85.4 cm³/mol. The van der Waals surface area contributed by atoms with Gasteiger partial charge in [-0.25, -0.2) is 4.79 Å². The molecule has 1 saturated heterocycles. The third-order valence-corrected chi connectivity index (χ3v) is 4.21. The number of esters is 1. The first-order chi connectivity index (χ1) is 10.6. The molecule has 1 aromatic carbocycles. The number of nitrogens with one attached hydrogen (secondary N) is 1. The van der Waals surface area contributed by atoms with Gasteiger partial charge in [0.15, 0.2) is 0 Å². The number of hydrogen-bond donors (Lipinski definition) is 1. The van der Waals surface area contributed by atoms with Crippen molar-refractivity contribution in [1.29, 1.82) is 0 Å². The van der Waals surface area contributed by atoms with Crippen LogP contribution in [0.3, 0.4) is 0 Å². The summed E-state index contributed by atoms with van der Waals surface area (Å²) in [5.74, 6) is 0.487. The number of ether oxygens (including phenoxy) is 2. The normalized spacial score (nSPS) is 19.0. The van der Waals surface area contributed by atoms with Crippen LogP contribution in [0.15, 0.2) is 24.3 Å². The fourth-order valence-corrected chi connectivity index (χ4v) is 2.92. The summed E-state index contributed by atoms with van der Waals surface area (Å²) in [7, 11) is 1.38. The van der Waals surface area contributed by atoms with E-state index in [4.69, 9.17) is 9.47 Å². The van der Waals surface area contributed by atoms with E-state index in [1.807, 2.05) is 18.2 Å². The Bertz CT molecular complexity index is 678. The quantitative estimate of drug-likeness (QED) is 0.882. The molecule has 5 heteroatoms. The molecule has 1 unspecified atom stereocenters. The van der Waals surface area contributed by atoms with Gasteiger partial charge in [0.05, 0.1) is 7.11 Å². The molecule has 2 aromatic rings. The number of H-pyrrole nitrogens is 1. The number of carbonyl (C=O) groups excluding carboxylic acids is 1. The molecule has 5 nitrogen and oxygen atoms in total. The maximum absolute atomic E-state index is 11.6. The average molecular weight is 302 g/mol. The maximum atomic E-state index is 11.6. The Balaban J connectivity index is 1.74. The van der Waals surface area contributed by atoms with Gasteiger partial charge in [0.2, 0.25) is 0 Å². The number of nitrogens with zero attached hydrogens (tertiary/aromatic N) is 1. The van der Waals surface area contributed by atoms with E-state index in [1.54, 1.807) is 6.07 Å². The standard InChI is InChI=1S/C17H22N2O3/c1-11(2)19-7-6-14(10-19)22-13-4-5-15-12(8-13)9-16(18-15)17(20)21-3/h4-5,8-9,11,14,18H,6-7,10H2,1-3H3. The summed E-state index contributed by atoms with van der Waals surface area (Å²) in [6.07, 6.45) is 1.29. The molecule has 3 rings (SSSR count). The third-order valence-electron chi connectivity index (χ3n) is 4.21. The summed E-state index contributed by atoms with van der Waals surface area (Å²) in [5.41, 5.74) is 1.37. The largest absolute Gasteiger partial charge is 0.489 e. The molecular formula is C17H22N2O3. The van der Waals surface area contributed by atoms with Gasteiger partial charge in [-0.05, 0) is 44.5 Å². The number of rotatable bonds is 4. The van der Waals surface area contributed by atoms with Gasteiger partial charge in [-0.1, -0.05) is 0 Å². The minimum Gasteiger partial charge on any atom is -0.489 e. The number of likely N-dealkylation sites (tertiary alicyclic amines) is 1. The van der Waals surface area contributed by atoms with E-state index in [9.17, 15) is 4.79 Å². The molecule has 0 amide bonds. The highest BCUT2D eigenvalue weighted by molar-refractivity contribution is 5.95. The summed E-state index contributed by atoms with van der Waals surface area (Å²) in [6.45, 7) is 6.47. The molecule has 1 aliphatic heterocycles. The van der Waals surface area contributed by atoms with Crippen molar-refractivity contribution in [2.24, 2.45) is 0 Å². The van der Waals surface area contributed by atoms with Crippen molar-refractivity contribution in [3.63, 3.8) is 0 Å². The first-order valence-electron chi connectivity index (χ1n) is 7.68. The van der Waals surface area contributed by atoms with Crippen LogP contribution in [0.25, 0.3) is 10.9 Å². The summed E-state index contributed by atoms with van der Waals surface area (Å²) >= 11 is 0. The molecule has 1 atom stereocenters. The average Bonchev–Trinajstić information content (AvgIpc) is 3.12. The van der Waals surface area contributed by atoms with Gasteiger partial charge in [-0.3, -0.25) is 4.90 Å². The Kier molecular flexibility index (Phi) is 4.07. The zero-order valence-electron chi connectivity index (χ0n) is 13.3. The lowest BCUT2D eigenvalue weighted by molar-refractivity contribution is 0.0595. The van der Waals surface area contributed by atoms with Crippen molar-refractivity contribution < 1.29 is 14.3 Å². The number of aromatic nitrogens is 1. The second-order valence-electron chi connectivity index (χ2n) is 6.04. The Morgan fingerprint density at radius 3 is 2.86 bits per heavy atom. The maximum Gasteiger partial charge on any atom is 0.354 e. The van der Waals surface area contributed by atoms with E-state index < -0.39 is 0 Å². The number of benzene rings is 1. The minimum atomic E-state index is -0.359. The van der Waals surface area contributed by atoms with Crippen LogP contribution in [0, 0.1) is 0 Å². The molecular weight excluding hydrogens is 280 g/mol. The highest BCUT2D eigenvalue weighted by Crippen LogP contribution is 2.25. The van der Waals surface area contributed by atoms with Gasteiger partial charge < -0.3 is 14.5 Å². The fraction of sp³-hybridized carbons (Fsp3) is 0.471. The molecule has 1 aromatic heterocycles. The summed E-state index contributed by atoms with van der Waals surface area (Å²) < 4.78 is 10.8. The summed E-state index contributed by atoms with van der Waals surface area (Å²) in [6, 6.07) is 8.20. The van der Waals surface area contributed by atoms with E-state index in [0.717, 1.165) is 36.2 Å². The topological polar surface area (TPSA) is 54.6 Å². The van der Waals surface area contributed by atoms with Crippen LogP contribution in [0.5, 0.6) is 5.75 Å². The Morgan fingerprint density at radius 2 is 2.18 bits per heavy atom. The molecule has 1 fully saturated rings. The number of carbonyl (C=O) groups is 1. The molecule has 0 radical (unpaired) electrons. The van der Waals surface area contributed by atoms with Gasteiger partial charge in [0.25, 0.3) is 0 Å². The van der Waals surface area contributed by atoms with Crippen LogP contribution in [0.1, 0.15) is 30.8 Å². The molecule has 118 valence electrons. The molecule has 0 aliphatic carbocycles. The highest BCUT2D eigenvalue weighted by atomic mass is 16.5. The zero-order chi connectivity index (χ0) is 15.7. The SMILES string of the molecule is COC(=O)c1cc2cc(OC3CCN(C(C)C)C3)ccc2[nH]1. The van der Waals surface area contributed by atoms with Crippen molar-refractivity contribution in [2.75, 3.05) is 20.2 Å². The van der Waals surface area contributed by atoms with Gasteiger partial charge in [-0.2, -0.15) is 0 Å². The Morgan fingerprint density at radius 1 is 1.36 bits per heavy atom. The second-order valence-corrected chi connectivity index (χ2v) is 6.04. The van der Waals surface area contributed by atoms with Crippen LogP contribution in [-0.4, -0.2) is 48.2 Å². The van der Waals surface area contributed by atoms with E-state index in [2.05, 4.69) is 23.7 Å². The Hall–Kier alpha value is -2.01. The number of hydrogen-bond acceptors (Lipinski definition) is 4. The monoisotopic (exact) mass is 302 g/mol. The highest BCUT2D eigenvalue weighted by Gasteiger charge is 2.25. The second kappa shape index (κ2) is 6.01. The number of methoxy groups -OCH3 is 1. The number of fused-ring (bicyclic) bond motifs is 1. The van der Waals surface area contributed by atoms with Gasteiger partial charge in [0.1, 0.15) is 17.5 Å². The first-order valence-corrected chi connectivity index (χ1v) is 7.68. The van der Waals surface area contributed by atoms with Gasteiger partial charge in [0, 0.05) is 30.0 Å². The van der Waals surface area contributed by atoms with E-state index in [0.29, 0.717) is 11.7 Å². The lowest BCUT2D eigenvalue weighted by atomic mass is 10.2. The lowest BCUT2D eigenvalue weighted by Gasteiger charge is -2.20. The van der Waals surface area contributed by atoms with Crippen LogP contribution in [-0.2, 0) is 4.74 Å². The molecule has 1 N–H and O–H groups in total. The van der Waals surface area contributed by atoms with Crippen molar-refractivity contribution in [2.45, 2.75) is 32.4 Å². The molecule has 22 heavy (non-hydrogen) atoms. The smallest absolute Gasteiger partial charge is 0.354 e. The van der Waals surface area contributed by atoms with Crippen molar-refractivity contribution in [1.82, 2.24) is 9.88 Å². The molecule has 0 bridgehead atoms. The van der Waals surface area contributed by atoms with Crippen LogP contribution >= 0.6 is 0 Å². The molecule has 1 aliphatic rings. The van der Waals surface area contributed by atoms with E-state index >= 15 is 0 Å². The molecule has 0 spiro atoms. The van der Waals surface area contributed by atoms with E-state index in [-0.39, 0.29) is 12.1 Å².